The molecule has 2 N–H and O–H groups in total. The Labute approximate surface area is 131 Å². The lowest BCUT2D eigenvalue weighted by molar-refractivity contribution is 0.0932. The van der Waals surface area contributed by atoms with Crippen molar-refractivity contribution in [3.63, 3.8) is 0 Å². The Morgan fingerprint density at radius 3 is 2.68 bits per heavy atom. The molecule has 0 heterocycles. The second kappa shape index (κ2) is 8.25. The van der Waals surface area contributed by atoms with Crippen LogP contribution in [0.25, 0.3) is 0 Å². The molecule has 5 heteroatoms. The number of Topliss-reactive ketones (excluding diaryl/α,β-unsaturated/α-hetero) is 1. The number of aliphatic hydroxyl groups excluding tert-OH is 1. The molecule has 0 saturated carbocycles. The number of hydrogen-bond acceptors (Lipinski definition) is 4. The summed E-state index contributed by atoms with van der Waals surface area (Å²) in [6, 6.07) is 3.87. The third kappa shape index (κ3) is 6.54. The second-order valence-corrected chi connectivity index (χ2v) is 6.41. The predicted octanol–water partition coefficient (Wildman–Crippen LogP) is 2.94. The van der Waals surface area contributed by atoms with Crippen molar-refractivity contribution >= 4 is 5.78 Å². The SMILES string of the molecule is CCCC(=O)c1cc(F)ccc1OCC(O)CNC(C)(C)C. The molecule has 0 aliphatic rings. The maximum Gasteiger partial charge on any atom is 0.166 e. The molecule has 1 aromatic carbocycles. The van der Waals surface area contributed by atoms with Gasteiger partial charge < -0.3 is 15.2 Å². The van der Waals surface area contributed by atoms with Crippen molar-refractivity contribution in [1.82, 2.24) is 5.32 Å². The summed E-state index contributed by atoms with van der Waals surface area (Å²) >= 11 is 0. The van der Waals surface area contributed by atoms with Crippen LogP contribution in [0.3, 0.4) is 0 Å². The van der Waals surface area contributed by atoms with E-state index in [1.807, 2.05) is 27.7 Å². The van der Waals surface area contributed by atoms with E-state index in [1.54, 1.807) is 0 Å². The smallest absolute Gasteiger partial charge is 0.166 e. The molecule has 1 atom stereocenters. The lowest BCUT2D eigenvalue weighted by Crippen LogP contribution is -2.42. The van der Waals surface area contributed by atoms with Gasteiger partial charge in [0, 0.05) is 18.5 Å². The largest absolute Gasteiger partial charge is 0.490 e. The molecule has 0 saturated heterocycles. The number of hydrogen-bond donors (Lipinski definition) is 2. The highest BCUT2D eigenvalue weighted by molar-refractivity contribution is 5.98. The van der Waals surface area contributed by atoms with E-state index in [4.69, 9.17) is 4.74 Å². The van der Waals surface area contributed by atoms with Crippen LogP contribution in [-0.2, 0) is 0 Å². The van der Waals surface area contributed by atoms with E-state index in [1.165, 1.54) is 18.2 Å². The van der Waals surface area contributed by atoms with Gasteiger partial charge in [-0.3, -0.25) is 4.79 Å². The number of halogens is 1. The molecule has 1 aromatic rings. The first-order valence-corrected chi connectivity index (χ1v) is 7.61. The van der Waals surface area contributed by atoms with Crippen LogP contribution >= 0.6 is 0 Å². The Hall–Kier alpha value is -1.46. The summed E-state index contributed by atoms with van der Waals surface area (Å²) in [5, 5.41) is 13.1. The number of benzene rings is 1. The highest BCUT2D eigenvalue weighted by atomic mass is 19.1. The molecule has 1 unspecified atom stereocenters. The third-order valence-corrected chi connectivity index (χ3v) is 3.02. The van der Waals surface area contributed by atoms with Crippen LogP contribution < -0.4 is 10.1 Å². The van der Waals surface area contributed by atoms with E-state index in [2.05, 4.69) is 5.32 Å². The molecule has 22 heavy (non-hydrogen) atoms. The van der Waals surface area contributed by atoms with Crippen LogP contribution in [0.5, 0.6) is 5.75 Å². The van der Waals surface area contributed by atoms with Crippen molar-refractivity contribution in [2.45, 2.75) is 52.2 Å². The minimum absolute atomic E-state index is 0.0428. The van der Waals surface area contributed by atoms with Crippen molar-refractivity contribution < 1.29 is 19.0 Å². The molecule has 0 radical (unpaired) electrons. The Morgan fingerprint density at radius 2 is 2.09 bits per heavy atom. The molecule has 124 valence electrons. The van der Waals surface area contributed by atoms with Gasteiger partial charge in [-0.1, -0.05) is 6.92 Å². The fraction of sp³-hybridized carbons (Fsp3) is 0.588. The topological polar surface area (TPSA) is 58.6 Å². The Balaban J connectivity index is 2.67. The van der Waals surface area contributed by atoms with E-state index in [-0.39, 0.29) is 23.5 Å². The highest BCUT2D eigenvalue weighted by Crippen LogP contribution is 2.22. The first-order chi connectivity index (χ1) is 10.2. The molecule has 1 rings (SSSR count). The maximum atomic E-state index is 13.3. The number of β-amino-alcohol motifs (C(OH)–C–C–N with tert-alkyl or cyclic N) is 1. The van der Waals surface area contributed by atoms with Gasteiger partial charge in [-0.05, 0) is 45.4 Å². The Morgan fingerprint density at radius 1 is 1.41 bits per heavy atom. The average molecular weight is 311 g/mol. The van der Waals surface area contributed by atoms with Crippen molar-refractivity contribution in [1.29, 1.82) is 0 Å². The van der Waals surface area contributed by atoms with E-state index in [0.29, 0.717) is 25.1 Å². The van der Waals surface area contributed by atoms with Gasteiger partial charge in [0.1, 0.15) is 24.3 Å². The van der Waals surface area contributed by atoms with Crippen molar-refractivity contribution in [2.24, 2.45) is 0 Å². The van der Waals surface area contributed by atoms with E-state index in [0.717, 1.165) is 0 Å². The normalized spacial score (nSPS) is 13.0. The first kappa shape index (κ1) is 18.6. The number of rotatable bonds is 8. The van der Waals surface area contributed by atoms with E-state index < -0.39 is 11.9 Å². The first-order valence-electron chi connectivity index (χ1n) is 7.61. The number of carbonyl (C=O) groups is 1. The van der Waals surface area contributed by atoms with Crippen molar-refractivity contribution in [2.75, 3.05) is 13.2 Å². The van der Waals surface area contributed by atoms with Crippen LogP contribution in [0.2, 0.25) is 0 Å². The summed E-state index contributed by atoms with van der Waals surface area (Å²) in [5.74, 6) is -0.310. The molecular formula is C17H26FNO3. The van der Waals surface area contributed by atoms with Crippen LogP contribution in [0.4, 0.5) is 4.39 Å². The molecule has 0 aliphatic carbocycles. The zero-order valence-electron chi connectivity index (χ0n) is 13.8. The zero-order valence-corrected chi connectivity index (χ0v) is 13.8. The fourth-order valence-electron chi connectivity index (χ4n) is 1.88. The summed E-state index contributed by atoms with van der Waals surface area (Å²) in [6.45, 7) is 8.32. The number of nitrogens with one attached hydrogen (secondary N) is 1. The third-order valence-electron chi connectivity index (χ3n) is 3.02. The zero-order chi connectivity index (χ0) is 16.8. The van der Waals surface area contributed by atoms with E-state index >= 15 is 0 Å². The average Bonchev–Trinajstić information content (AvgIpc) is 2.43. The Bertz CT molecular complexity index is 497. The predicted molar refractivity (Wildman–Crippen MR) is 84.9 cm³/mol. The molecule has 0 fully saturated rings. The van der Waals surface area contributed by atoms with Crippen molar-refractivity contribution in [3.8, 4) is 5.75 Å². The van der Waals surface area contributed by atoms with Gasteiger partial charge in [0.05, 0.1) is 5.56 Å². The molecule has 0 amide bonds. The molecule has 0 spiro atoms. The van der Waals surface area contributed by atoms with Crippen LogP contribution in [-0.4, -0.2) is 35.7 Å². The number of ketones is 1. The van der Waals surface area contributed by atoms with Gasteiger partial charge in [-0.25, -0.2) is 4.39 Å². The lowest BCUT2D eigenvalue weighted by atomic mass is 10.1. The summed E-state index contributed by atoms with van der Waals surface area (Å²) in [5.41, 5.74) is 0.136. The molecule has 0 bridgehead atoms. The quantitative estimate of drug-likeness (QED) is 0.725. The molecule has 0 aliphatic heterocycles. The molecule has 4 nitrogen and oxygen atoms in total. The number of ether oxygens (including phenoxy) is 1. The maximum absolute atomic E-state index is 13.3. The molecule has 0 aromatic heterocycles. The van der Waals surface area contributed by atoms with Gasteiger partial charge in [0.15, 0.2) is 5.78 Å². The van der Waals surface area contributed by atoms with E-state index in [9.17, 15) is 14.3 Å². The minimum atomic E-state index is -0.710. The number of aliphatic hydroxyl groups is 1. The highest BCUT2D eigenvalue weighted by Gasteiger charge is 2.16. The minimum Gasteiger partial charge on any atom is -0.490 e. The number of carbonyl (C=O) groups excluding carboxylic acids is 1. The standard InChI is InChI=1S/C17H26FNO3/c1-5-6-15(21)14-9-12(18)7-8-16(14)22-11-13(20)10-19-17(2,3)4/h7-9,13,19-20H,5-6,10-11H2,1-4H3. The summed E-state index contributed by atoms with van der Waals surface area (Å²) < 4.78 is 18.8. The summed E-state index contributed by atoms with van der Waals surface area (Å²) in [4.78, 5) is 12.0. The van der Waals surface area contributed by atoms with Gasteiger partial charge in [0.2, 0.25) is 0 Å². The Kier molecular flexibility index (Phi) is 6.97. The summed E-state index contributed by atoms with van der Waals surface area (Å²) in [6.07, 6.45) is 0.319. The van der Waals surface area contributed by atoms with Crippen molar-refractivity contribution in [3.05, 3.63) is 29.6 Å². The lowest BCUT2D eigenvalue weighted by Gasteiger charge is -2.23. The monoisotopic (exact) mass is 311 g/mol. The summed E-state index contributed by atoms with van der Waals surface area (Å²) in [7, 11) is 0. The fourth-order valence-corrected chi connectivity index (χ4v) is 1.88. The van der Waals surface area contributed by atoms with Crippen LogP contribution in [0.1, 0.15) is 50.9 Å². The second-order valence-electron chi connectivity index (χ2n) is 6.41. The van der Waals surface area contributed by atoms with Gasteiger partial charge >= 0.3 is 0 Å². The van der Waals surface area contributed by atoms with Gasteiger partial charge in [-0.2, -0.15) is 0 Å². The van der Waals surface area contributed by atoms with Crippen LogP contribution in [0, 0.1) is 5.82 Å². The van der Waals surface area contributed by atoms with Gasteiger partial charge in [0.25, 0.3) is 0 Å². The van der Waals surface area contributed by atoms with Gasteiger partial charge in [-0.15, -0.1) is 0 Å². The van der Waals surface area contributed by atoms with Crippen LogP contribution in [0.15, 0.2) is 18.2 Å². The molecular weight excluding hydrogens is 285 g/mol.